The number of nitro groups is 1. The minimum absolute atomic E-state index is 0.124. The Morgan fingerprint density at radius 3 is 2.76 bits per heavy atom. The fraction of sp³-hybridized carbons (Fsp3) is 0.0833. The first-order valence-corrected chi connectivity index (χ1v) is 5.79. The van der Waals surface area contributed by atoms with Crippen LogP contribution in [-0.4, -0.2) is 9.91 Å². The van der Waals surface area contributed by atoms with Gasteiger partial charge in [-0.3, -0.25) is 15.1 Å². The van der Waals surface area contributed by atoms with Crippen LogP contribution in [0.5, 0.6) is 0 Å². The van der Waals surface area contributed by atoms with Crippen molar-refractivity contribution in [2.75, 3.05) is 0 Å². The Balaban J connectivity index is 2.37. The Kier molecular flexibility index (Phi) is 3.49. The topological polar surface area (TPSA) is 56.0 Å². The Hall–Kier alpha value is -1.75. The molecule has 0 aliphatic carbocycles. The molecule has 0 fully saturated rings. The molecule has 0 radical (unpaired) electrons. The van der Waals surface area contributed by atoms with E-state index in [1.54, 1.807) is 18.3 Å². The lowest BCUT2D eigenvalue weighted by molar-refractivity contribution is -0.385. The Labute approximate surface area is 107 Å². The van der Waals surface area contributed by atoms with Crippen LogP contribution in [0.1, 0.15) is 11.3 Å². The minimum atomic E-state index is -0.370. The van der Waals surface area contributed by atoms with E-state index in [1.165, 1.54) is 6.07 Å². The zero-order chi connectivity index (χ0) is 12.3. The number of hydrogen-bond donors (Lipinski definition) is 0. The van der Waals surface area contributed by atoms with E-state index < -0.39 is 0 Å². The van der Waals surface area contributed by atoms with Gasteiger partial charge in [-0.15, -0.1) is 0 Å². The molecule has 1 heterocycles. The number of rotatable bonds is 3. The second kappa shape index (κ2) is 5.05. The van der Waals surface area contributed by atoms with Gasteiger partial charge in [0.25, 0.3) is 5.69 Å². The van der Waals surface area contributed by atoms with Crippen molar-refractivity contribution >= 4 is 21.6 Å². The zero-order valence-electron chi connectivity index (χ0n) is 8.84. The average Bonchev–Trinajstić information content (AvgIpc) is 2.30. The van der Waals surface area contributed by atoms with Gasteiger partial charge >= 0.3 is 0 Å². The zero-order valence-corrected chi connectivity index (χ0v) is 10.4. The largest absolute Gasteiger partial charge is 0.273 e. The summed E-state index contributed by atoms with van der Waals surface area (Å²) in [5.74, 6) is 0. The molecule has 1 aromatic carbocycles. The van der Waals surface area contributed by atoms with E-state index in [4.69, 9.17) is 0 Å². The van der Waals surface area contributed by atoms with E-state index in [-0.39, 0.29) is 10.6 Å². The lowest BCUT2D eigenvalue weighted by atomic mass is 10.1. The number of halogens is 1. The van der Waals surface area contributed by atoms with Gasteiger partial charge in [0, 0.05) is 34.4 Å². The molecule has 0 saturated heterocycles. The lowest BCUT2D eigenvalue weighted by Crippen LogP contribution is -1.98. The summed E-state index contributed by atoms with van der Waals surface area (Å²) >= 11 is 3.32. The lowest BCUT2D eigenvalue weighted by Gasteiger charge is -2.03. The normalized spacial score (nSPS) is 10.2. The highest BCUT2D eigenvalue weighted by molar-refractivity contribution is 9.10. The van der Waals surface area contributed by atoms with Crippen LogP contribution in [0.4, 0.5) is 5.69 Å². The predicted molar refractivity (Wildman–Crippen MR) is 67.8 cm³/mol. The Morgan fingerprint density at radius 2 is 2.12 bits per heavy atom. The molecule has 0 atom stereocenters. The molecule has 0 bridgehead atoms. The highest BCUT2D eigenvalue weighted by atomic mass is 79.9. The van der Waals surface area contributed by atoms with E-state index in [0.29, 0.717) is 12.0 Å². The number of hydrogen-bond acceptors (Lipinski definition) is 3. The van der Waals surface area contributed by atoms with Gasteiger partial charge in [-0.05, 0) is 24.3 Å². The number of pyridine rings is 1. The molecule has 2 aromatic rings. The first-order valence-electron chi connectivity index (χ1n) is 4.99. The van der Waals surface area contributed by atoms with Crippen LogP contribution in [0, 0.1) is 10.1 Å². The summed E-state index contributed by atoms with van der Waals surface area (Å²) in [7, 11) is 0. The molecule has 0 unspecified atom stereocenters. The van der Waals surface area contributed by atoms with Gasteiger partial charge in [0.2, 0.25) is 0 Å². The van der Waals surface area contributed by atoms with Crippen LogP contribution in [0.15, 0.2) is 47.1 Å². The van der Waals surface area contributed by atoms with Crippen molar-refractivity contribution in [1.82, 2.24) is 4.98 Å². The van der Waals surface area contributed by atoms with Crippen molar-refractivity contribution in [3.8, 4) is 0 Å². The predicted octanol–water partition coefficient (Wildman–Crippen LogP) is 3.34. The molecule has 0 amide bonds. The van der Waals surface area contributed by atoms with Gasteiger partial charge in [-0.25, -0.2) is 0 Å². The molecule has 86 valence electrons. The molecule has 2 rings (SSSR count). The first kappa shape index (κ1) is 11.7. The molecule has 17 heavy (non-hydrogen) atoms. The quantitative estimate of drug-likeness (QED) is 0.644. The third-order valence-electron chi connectivity index (χ3n) is 2.34. The molecule has 5 heteroatoms. The third-order valence-corrected chi connectivity index (χ3v) is 2.83. The highest BCUT2D eigenvalue weighted by Gasteiger charge is 2.14. The Morgan fingerprint density at radius 1 is 1.29 bits per heavy atom. The third kappa shape index (κ3) is 2.88. The van der Waals surface area contributed by atoms with Gasteiger partial charge < -0.3 is 0 Å². The van der Waals surface area contributed by atoms with Crippen molar-refractivity contribution in [3.63, 3.8) is 0 Å². The van der Waals surface area contributed by atoms with Gasteiger partial charge in [0.1, 0.15) is 0 Å². The molecule has 0 saturated carbocycles. The van der Waals surface area contributed by atoms with E-state index in [9.17, 15) is 10.1 Å². The summed E-state index contributed by atoms with van der Waals surface area (Å²) in [6, 6.07) is 10.5. The smallest absolute Gasteiger partial charge is 0.261 e. The summed E-state index contributed by atoms with van der Waals surface area (Å²) in [6.45, 7) is 0. The van der Waals surface area contributed by atoms with Crippen LogP contribution in [0.2, 0.25) is 0 Å². The summed E-state index contributed by atoms with van der Waals surface area (Å²) in [4.78, 5) is 14.7. The monoisotopic (exact) mass is 292 g/mol. The van der Waals surface area contributed by atoms with Crippen LogP contribution >= 0.6 is 15.9 Å². The van der Waals surface area contributed by atoms with E-state index in [2.05, 4.69) is 20.9 Å². The number of benzene rings is 1. The molecule has 4 nitrogen and oxygen atoms in total. The van der Waals surface area contributed by atoms with Gasteiger partial charge in [-0.1, -0.05) is 22.0 Å². The number of nitro benzene ring substituents is 1. The molecular formula is C12H9BrN2O2. The highest BCUT2D eigenvalue weighted by Crippen LogP contribution is 2.24. The first-order chi connectivity index (χ1) is 8.16. The second-order valence-electron chi connectivity index (χ2n) is 3.53. The Bertz CT molecular complexity index is 543. The summed E-state index contributed by atoms with van der Waals surface area (Å²) in [5.41, 5.74) is 1.59. The fourth-order valence-corrected chi connectivity index (χ4v) is 1.98. The van der Waals surface area contributed by atoms with E-state index in [1.807, 2.05) is 18.2 Å². The van der Waals surface area contributed by atoms with Crippen molar-refractivity contribution in [2.24, 2.45) is 0 Å². The summed E-state index contributed by atoms with van der Waals surface area (Å²) in [6.07, 6.45) is 2.13. The molecule has 1 aromatic heterocycles. The molecular weight excluding hydrogens is 284 g/mol. The molecule has 0 aliphatic heterocycles. The molecule has 0 N–H and O–H groups in total. The van der Waals surface area contributed by atoms with Gasteiger partial charge in [0.15, 0.2) is 0 Å². The van der Waals surface area contributed by atoms with Crippen LogP contribution in [0.3, 0.4) is 0 Å². The van der Waals surface area contributed by atoms with Crippen LogP contribution in [0.25, 0.3) is 0 Å². The number of aromatic nitrogens is 1. The van der Waals surface area contributed by atoms with Crippen molar-refractivity contribution in [2.45, 2.75) is 6.42 Å². The molecule has 0 aliphatic rings. The maximum Gasteiger partial charge on any atom is 0.273 e. The standard InChI is InChI=1S/C12H9BrN2O2/c13-10-4-5-12(15(16)17)9(7-10)8-11-3-1-2-6-14-11/h1-7H,8H2. The van der Waals surface area contributed by atoms with Gasteiger partial charge in [-0.2, -0.15) is 0 Å². The fourth-order valence-electron chi connectivity index (χ4n) is 1.57. The summed E-state index contributed by atoms with van der Waals surface area (Å²) < 4.78 is 0.828. The molecule has 0 spiro atoms. The minimum Gasteiger partial charge on any atom is -0.261 e. The maximum absolute atomic E-state index is 10.9. The maximum atomic E-state index is 10.9. The second-order valence-corrected chi connectivity index (χ2v) is 4.44. The van der Waals surface area contributed by atoms with E-state index >= 15 is 0 Å². The van der Waals surface area contributed by atoms with E-state index in [0.717, 1.165) is 10.2 Å². The average molecular weight is 293 g/mol. The van der Waals surface area contributed by atoms with Crippen molar-refractivity contribution < 1.29 is 4.92 Å². The van der Waals surface area contributed by atoms with Gasteiger partial charge in [0.05, 0.1) is 4.92 Å². The van der Waals surface area contributed by atoms with Crippen molar-refractivity contribution in [1.29, 1.82) is 0 Å². The SMILES string of the molecule is O=[N+]([O-])c1ccc(Br)cc1Cc1ccccn1. The summed E-state index contributed by atoms with van der Waals surface area (Å²) in [5, 5.41) is 10.9. The van der Waals surface area contributed by atoms with Crippen molar-refractivity contribution in [3.05, 3.63) is 68.4 Å². The number of nitrogens with zero attached hydrogens (tertiary/aromatic N) is 2. The van der Waals surface area contributed by atoms with Crippen LogP contribution in [-0.2, 0) is 6.42 Å². The van der Waals surface area contributed by atoms with Crippen LogP contribution < -0.4 is 0 Å².